The third-order valence-electron chi connectivity index (χ3n) is 5.49. The Morgan fingerprint density at radius 2 is 1.42 bits per heavy atom. The molecule has 1 heterocycles. The molecule has 0 fully saturated rings. The van der Waals surface area contributed by atoms with Crippen molar-refractivity contribution in [3.05, 3.63) is 106 Å². The van der Waals surface area contributed by atoms with Crippen molar-refractivity contribution in [2.24, 2.45) is 0 Å². The molecule has 0 radical (unpaired) electrons. The van der Waals surface area contributed by atoms with E-state index in [0.29, 0.717) is 5.56 Å². The molecule has 0 atom stereocenters. The molecule has 0 saturated carbocycles. The molecule has 4 rings (SSSR count). The third kappa shape index (κ3) is 5.59. The zero-order chi connectivity index (χ0) is 23.2. The van der Waals surface area contributed by atoms with Gasteiger partial charge in [-0.25, -0.2) is 23.1 Å². The van der Waals surface area contributed by atoms with Crippen LogP contribution >= 0.6 is 0 Å². The summed E-state index contributed by atoms with van der Waals surface area (Å²) in [7, 11) is 0. The van der Waals surface area contributed by atoms with Crippen LogP contribution in [0.3, 0.4) is 0 Å². The van der Waals surface area contributed by atoms with Gasteiger partial charge in [0.2, 0.25) is 0 Å². The summed E-state index contributed by atoms with van der Waals surface area (Å²) in [6.07, 6.45) is 8.77. The van der Waals surface area contributed by atoms with Crippen LogP contribution in [0, 0.1) is 29.3 Å². The molecule has 3 aromatic carbocycles. The Balaban J connectivity index is 1.40. The molecule has 0 amide bonds. The lowest BCUT2D eigenvalue weighted by atomic mass is 10.0. The molecule has 0 aliphatic rings. The van der Waals surface area contributed by atoms with E-state index in [9.17, 15) is 13.2 Å². The van der Waals surface area contributed by atoms with Gasteiger partial charge in [0.1, 0.15) is 5.82 Å². The second-order valence-corrected chi connectivity index (χ2v) is 7.98. The fraction of sp³-hybridized carbons (Fsp3) is 0.214. The van der Waals surface area contributed by atoms with Gasteiger partial charge in [-0.05, 0) is 66.1 Å². The smallest absolute Gasteiger partial charge is 0.195 e. The van der Waals surface area contributed by atoms with Crippen LogP contribution in [0.5, 0.6) is 0 Å². The monoisotopic (exact) mass is 444 g/mol. The van der Waals surface area contributed by atoms with Gasteiger partial charge in [-0.3, -0.25) is 0 Å². The van der Waals surface area contributed by atoms with Gasteiger partial charge in [0, 0.05) is 35.3 Å². The molecule has 0 N–H and O–H groups in total. The minimum Gasteiger partial charge on any atom is -0.241 e. The summed E-state index contributed by atoms with van der Waals surface area (Å²) in [6.45, 7) is 2.17. The van der Waals surface area contributed by atoms with Gasteiger partial charge < -0.3 is 0 Å². The van der Waals surface area contributed by atoms with Gasteiger partial charge in [0.05, 0.1) is 0 Å². The standard InChI is InChI=1S/C28H23F3N2/c1-2-3-4-22-17-32-26(33-18-22)14-12-20-7-5-19(6-8-20)9-10-21-11-13-24-23(15-21)16-25(29)28(31)27(24)30/h5-8,11,13,15-18H,2-4,12,14H2,1H3. The van der Waals surface area contributed by atoms with Crippen molar-refractivity contribution in [1.29, 1.82) is 0 Å². The van der Waals surface area contributed by atoms with Crippen molar-refractivity contribution in [3.63, 3.8) is 0 Å². The normalized spacial score (nSPS) is 10.8. The van der Waals surface area contributed by atoms with Crippen molar-refractivity contribution in [3.8, 4) is 11.8 Å². The molecule has 0 aliphatic heterocycles. The zero-order valence-corrected chi connectivity index (χ0v) is 18.3. The molecule has 5 heteroatoms. The summed E-state index contributed by atoms with van der Waals surface area (Å²) >= 11 is 0. The van der Waals surface area contributed by atoms with Gasteiger partial charge in [0.15, 0.2) is 17.5 Å². The van der Waals surface area contributed by atoms with Gasteiger partial charge in [-0.15, -0.1) is 0 Å². The van der Waals surface area contributed by atoms with E-state index < -0.39 is 17.5 Å². The zero-order valence-electron chi connectivity index (χ0n) is 18.3. The second kappa shape index (κ2) is 10.3. The largest absolute Gasteiger partial charge is 0.241 e. The van der Waals surface area contributed by atoms with Crippen molar-refractivity contribution in [2.45, 2.75) is 39.0 Å². The Bertz CT molecular complexity index is 1320. The Labute approximate surface area is 191 Å². The van der Waals surface area contributed by atoms with Crippen molar-refractivity contribution in [1.82, 2.24) is 9.97 Å². The van der Waals surface area contributed by atoms with Crippen LogP contribution in [0.25, 0.3) is 10.8 Å². The lowest BCUT2D eigenvalue weighted by Gasteiger charge is -2.03. The Morgan fingerprint density at radius 3 is 2.15 bits per heavy atom. The first-order valence-corrected chi connectivity index (χ1v) is 11.0. The number of nitrogens with zero attached hydrogens (tertiary/aromatic N) is 2. The van der Waals surface area contributed by atoms with E-state index in [1.165, 1.54) is 11.6 Å². The molecule has 33 heavy (non-hydrogen) atoms. The first-order valence-electron chi connectivity index (χ1n) is 11.0. The van der Waals surface area contributed by atoms with Crippen molar-refractivity contribution < 1.29 is 13.2 Å². The maximum absolute atomic E-state index is 13.9. The topological polar surface area (TPSA) is 25.8 Å². The molecule has 4 aromatic rings. The predicted octanol–water partition coefficient (Wildman–Crippen LogP) is 6.57. The summed E-state index contributed by atoms with van der Waals surface area (Å²) in [5.74, 6) is 3.03. The third-order valence-corrected chi connectivity index (χ3v) is 5.49. The first-order chi connectivity index (χ1) is 16.0. The maximum atomic E-state index is 13.9. The van der Waals surface area contributed by atoms with Crippen LogP contribution in [0.2, 0.25) is 0 Å². The highest BCUT2D eigenvalue weighted by molar-refractivity contribution is 5.84. The number of hydrogen-bond donors (Lipinski definition) is 0. The van der Waals surface area contributed by atoms with E-state index in [1.54, 1.807) is 12.1 Å². The number of hydrogen-bond acceptors (Lipinski definition) is 2. The van der Waals surface area contributed by atoms with E-state index in [-0.39, 0.29) is 10.8 Å². The van der Waals surface area contributed by atoms with Crippen molar-refractivity contribution >= 4 is 10.8 Å². The van der Waals surface area contributed by atoms with Crippen LogP contribution in [-0.4, -0.2) is 9.97 Å². The Morgan fingerprint density at radius 1 is 0.727 bits per heavy atom. The SMILES string of the molecule is CCCCc1cnc(CCc2ccc(C#Cc3ccc4c(F)c(F)c(F)cc4c3)cc2)nc1. The molecule has 0 aliphatic carbocycles. The summed E-state index contributed by atoms with van der Waals surface area (Å²) < 4.78 is 40.7. The average molecular weight is 445 g/mol. The molecule has 0 unspecified atom stereocenters. The molecule has 1 aromatic heterocycles. The first kappa shape index (κ1) is 22.5. The molecular formula is C28H23F3N2. The van der Waals surface area contributed by atoms with Crippen LogP contribution in [0.15, 0.2) is 60.9 Å². The Kier molecular flexibility index (Phi) is 7.04. The van der Waals surface area contributed by atoms with Crippen LogP contribution in [-0.2, 0) is 19.3 Å². The molecule has 0 spiro atoms. The summed E-state index contributed by atoms with van der Waals surface area (Å²) in [6, 6.07) is 13.5. The number of fused-ring (bicyclic) bond motifs is 1. The second-order valence-electron chi connectivity index (χ2n) is 7.98. The fourth-order valence-corrected chi connectivity index (χ4v) is 3.56. The van der Waals surface area contributed by atoms with Crippen LogP contribution in [0.4, 0.5) is 13.2 Å². The number of aromatic nitrogens is 2. The molecular weight excluding hydrogens is 421 g/mol. The van der Waals surface area contributed by atoms with E-state index in [2.05, 4.69) is 28.7 Å². The van der Waals surface area contributed by atoms with E-state index in [1.807, 2.05) is 36.7 Å². The van der Waals surface area contributed by atoms with Gasteiger partial charge >= 0.3 is 0 Å². The lowest BCUT2D eigenvalue weighted by molar-refractivity contribution is 0.453. The van der Waals surface area contributed by atoms with Gasteiger partial charge in [-0.1, -0.05) is 43.4 Å². The number of benzene rings is 3. The quantitative estimate of drug-likeness (QED) is 0.248. The van der Waals surface area contributed by atoms with Crippen molar-refractivity contribution in [2.75, 3.05) is 0 Å². The molecule has 2 nitrogen and oxygen atoms in total. The predicted molar refractivity (Wildman–Crippen MR) is 124 cm³/mol. The fourth-order valence-electron chi connectivity index (χ4n) is 3.56. The van der Waals surface area contributed by atoms with Gasteiger partial charge in [-0.2, -0.15) is 0 Å². The molecule has 0 bridgehead atoms. The van der Waals surface area contributed by atoms with E-state index in [4.69, 9.17) is 0 Å². The summed E-state index contributed by atoms with van der Waals surface area (Å²) in [4.78, 5) is 8.93. The Hall–Kier alpha value is -3.65. The lowest BCUT2D eigenvalue weighted by Crippen LogP contribution is -1.99. The number of halogens is 3. The maximum Gasteiger partial charge on any atom is 0.195 e. The minimum atomic E-state index is -1.46. The number of unbranched alkanes of at least 4 members (excludes halogenated alkanes) is 1. The minimum absolute atomic E-state index is 0.0309. The molecule has 0 saturated heterocycles. The highest BCUT2D eigenvalue weighted by Crippen LogP contribution is 2.24. The summed E-state index contributed by atoms with van der Waals surface area (Å²) in [5, 5.41) is 0.303. The van der Waals surface area contributed by atoms with Crippen LogP contribution in [0.1, 0.15) is 47.8 Å². The highest BCUT2D eigenvalue weighted by atomic mass is 19.2. The summed E-state index contributed by atoms with van der Waals surface area (Å²) in [5.41, 5.74) is 3.76. The number of aryl methyl sites for hydroxylation is 3. The number of rotatable bonds is 6. The molecule has 166 valence electrons. The highest BCUT2D eigenvalue weighted by Gasteiger charge is 2.13. The van der Waals surface area contributed by atoms with Crippen LogP contribution < -0.4 is 0 Å². The van der Waals surface area contributed by atoms with E-state index in [0.717, 1.165) is 55.1 Å². The van der Waals surface area contributed by atoms with Gasteiger partial charge in [0.25, 0.3) is 0 Å². The average Bonchev–Trinajstić information content (AvgIpc) is 2.84. The van der Waals surface area contributed by atoms with E-state index >= 15 is 0 Å².